The molecule has 0 aliphatic rings. The fourth-order valence-corrected chi connectivity index (χ4v) is 2.20. The first-order valence-corrected chi connectivity index (χ1v) is 7.82. The van der Waals surface area contributed by atoms with Crippen molar-refractivity contribution in [2.45, 2.75) is 13.3 Å². The van der Waals surface area contributed by atoms with E-state index in [2.05, 4.69) is 26.9 Å². The molecule has 2 aromatic heterocycles. The summed E-state index contributed by atoms with van der Waals surface area (Å²) < 4.78 is 7.29. The number of ether oxygens (including phenoxy) is 1. The maximum absolute atomic E-state index is 11.1. The van der Waals surface area contributed by atoms with Crippen LogP contribution in [0.15, 0.2) is 43.0 Å². The largest absolute Gasteiger partial charge is 0.437 e. The second kappa shape index (κ2) is 7.44. The van der Waals surface area contributed by atoms with Gasteiger partial charge in [-0.2, -0.15) is 5.10 Å². The molecule has 0 amide bonds. The Hall–Kier alpha value is -3.73. The fraction of sp³-hybridized carbons (Fsp3) is 0.167. The summed E-state index contributed by atoms with van der Waals surface area (Å²) >= 11 is 0. The van der Waals surface area contributed by atoms with Gasteiger partial charge in [0.1, 0.15) is 5.75 Å². The molecule has 1 aromatic carbocycles. The van der Waals surface area contributed by atoms with Gasteiger partial charge in [0.25, 0.3) is 5.69 Å². The predicted octanol–water partition coefficient (Wildman–Crippen LogP) is 3.34. The van der Waals surface area contributed by atoms with Crippen LogP contribution in [0.5, 0.6) is 11.6 Å². The van der Waals surface area contributed by atoms with Gasteiger partial charge in [0, 0.05) is 36.9 Å². The lowest BCUT2D eigenvalue weighted by molar-refractivity contribution is -0.384. The highest BCUT2D eigenvalue weighted by molar-refractivity contribution is 5.55. The number of benzene rings is 1. The number of nitro benzene ring substituents is 1. The summed E-state index contributed by atoms with van der Waals surface area (Å²) in [6.07, 6.45) is 7.17. The van der Waals surface area contributed by atoms with E-state index in [0.29, 0.717) is 17.7 Å². The first-order valence-electron chi connectivity index (χ1n) is 7.82. The van der Waals surface area contributed by atoms with Gasteiger partial charge in [0.2, 0.25) is 5.88 Å². The van der Waals surface area contributed by atoms with Crippen LogP contribution >= 0.6 is 0 Å². The molecule has 0 saturated heterocycles. The van der Waals surface area contributed by atoms with E-state index in [1.165, 1.54) is 18.3 Å². The summed E-state index contributed by atoms with van der Waals surface area (Å²) in [5.41, 5.74) is 1.90. The van der Waals surface area contributed by atoms with Crippen molar-refractivity contribution in [3.63, 3.8) is 0 Å². The lowest BCUT2D eigenvalue weighted by Crippen LogP contribution is -1.94. The van der Waals surface area contributed by atoms with Gasteiger partial charge in [-0.15, -0.1) is 0 Å². The van der Waals surface area contributed by atoms with Crippen LogP contribution in [-0.2, 0) is 7.05 Å². The molecule has 0 spiro atoms. The average molecular weight is 349 g/mol. The van der Waals surface area contributed by atoms with Crippen LogP contribution in [-0.4, -0.2) is 24.7 Å². The molecule has 0 atom stereocenters. The topological polar surface area (TPSA) is 96.0 Å². The zero-order valence-corrected chi connectivity index (χ0v) is 14.2. The zero-order valence-electron chi connectivity index (χ0n) is 14.2. The maximum Gasteiger partial charge on any atom is 0.274 e. The summed E-state index contributed by atoms with van der Waals surface area (Å²) in [6, 6.07) is 4.37. The van der Waals surface area contributed by atoms with E-state index in [9.17, 15) is 10.1 Å². The first-order chi connectivity index (χ1) is 12.5. The summed E-state index contributed by atoms with van der Waals surface area (Å²) in [5, 5.41) is 15.2. The van der Waals surface area contributed by atoms with Crippen LogP contribution in [0.1, 0.15) is 18.9 Å². The minimum absolute atomic E-state index is 0.0946. The van der Waals surface area contributed by atoms with Crippen LogP contribution in [0, 0.1) is 22.0 Å². The summed E-state index contributed by atoms with van der Waals surface area (Å²) in [4.78, 5) is 19.1. The third-order valence-corrected chi connectivity index (χ3v) is 3.36. The SMILES string of the molecule is CCC#Cc1cc(Oc2cnc(-c3cnn(C)c3)cn2)cc([N+](=O)[O-])c1. The van der Waals surface area contributed by atoms with Crippen LogP contribution in [0.2, 0.25) is 0 Å². The molecule has 0 bridgehead atoms. The van der Waals surface area contributed by atoms with Crippen molar-refractivity contribution < 1.29 is 9.66 Å². The van der Waals surface area contributed by atoms with Crippen LogP contribution in [0.25, 0.3) is 11.3 Å². The highest BCUT2D eigenvalue weighted by atomic mass is 16.6. The lowest BCUT2D eigenvalue weighted by Gasteiger charge is -2.05. The summed E-state index contributed by atoms with van der Waals surface area (Å²) in [7, 11) is 1.82. The average Bonchev–Trinajstić information content (AvgIpc) is 3.07. The van der Waals surface area contributed by atoms with Gasteiger partial charge < -0.3 is 4.74 Å². The monoisotopic (exact) mass is 349 g/mol. The number of hydrogen-bond donors (Lipinski definition) is 0. The third-order valence-electron chi connectivity index (χ3n) is 3.36. The smallest absolute Gasteiger partial charge is 0.274 e. The molecule has 130 valence electrons. The van der Waals surface area contributed by atoms with Crippen molar-refractivity contribution in [1.29, 1.82) is 0 Å². The minimum Gasteiger partial charge on any atom is -0.437 e. The quantitative estimate of drug-likeness (QED) is 0.407. The molecule has 26 heavy (non-hydrogen) atoms. The Labute approximate surface area is 149 Å². The number of non-ortho nitro benzene ring substituents is 1. The van der Waals surface area contributed by atoms with E-state index >= 15 is 0 Å². The Balaban J connectivity index is 1.85. The van der Waals surface area contributed by atoms with Gasteiger partial charge >= 0.3 is 0 Å². The second-order valence-corrected chi connectivity index (χ2v) is 5.37. The zero-order chi connectivity index (χ0) is 18.5. The Kier molecular flexibility index (Phi) is 4.90. The Morgan fingerprint density at radius 1 is 1.23 bits per heavy atom. The molecule has 3 rings (SSSR count). The second-order valence-electron chi connectivity index (χ2n) is 5.37. The Bertz CT molecular complexity index is 1000. The van der Waals surface area contributed by atoms with E-state index in [1.54, 1.807) is 23.1 Å². The normalized spacial score (nSPS) is 10.1. The number of nitrogens with zero attached hydrogens (tertiary/aromatic N) is 5. The van der Waals surface area contributed by atoms with Gasteiger partial charge in [0.05, 0.1) is 35.3 Å². The van der Waals surface area contributed by atoms with Crippen LogP contribution in [0.4, 0.5) is 5.69 Å². The molecule has 0 N–H and O–H groups in total. The van der Waals surface area contributed by atoms with Crippen molar-refractivity contribution in [1.82, 2.24) is 19.7 Å². The number of rotatable bonds is 4. The number of aryl methyl sites for hydroxylation is 1. The van der Waals surface area contributed by atoms with Crippen LogP contribution < -0.4 is 4.74 Å². The minimum atomic E-state index is -0.485. The highest BCUT2D eigenvalue weighted by Gasteiger charge is 2.11. The van der Waals surface area contributed by atoms with E-state index in [-0.39, 0.29) is 17.3 Å². The summed E-state index contributed by atoms with van der Waals surface area (Å²) in [6.45, 7) is 1.90. The molecule has 3 aromatic rings. The number of hydrogen-bond acceptors (Lipinski definition) is 6. The van der Waals surface area contributed by atoms with Crippen molar-refractivity contribution >= 4 is 5.69 Å². The number of aromatic nitrogens is 4. The van der Waals surface area contributed by atoms with E-state index < -0.39 is 4.92 Å². The molecule has 0 radical (unpaired) electrons. The molecular weight excluding hydrogens is 334 g/mol. The molecule has 8 heteroatoms. The molecule has 0 fully saturated rings. The molecule has 8 nitrogen and oxygen atoms in total. The van der Waals surface area contributed by atoms with Gasteiger partial charge in [-0.05, 0) is 6.07 Å². The summed E-state index contributed by atoms with van der Waals surface area (Å²) in [5.74, 6) is 6.26. The lowest BCUT2D eigenvalue weighted by atomic mass is 10.2. The molecule has 0 unspecified atom stereocenters. The molecular formula is C18H15N5O3. The van der Waals surface area contributed by atoms with Gasteiger partial charge in [0.15, 0.2) is 0 Å². The third kappa shape index (κ3) is 4.02. The molecule has 0 aliphatic carbocycles. The van der Waals surface area contributed by atoms with E-state index in [4.69, 9.17) is 4.74 Å². The van der Waals surface area contributed by atoms with Crippen molar-refractivity contribution in [2.24, 2.45) is 7.05 Å². The van der Waals surface area contributed by atoms with Gasteiger partial charge in [-0.25, -0.2) is 9.97 Å². The molecule has 0 aliphatic heterocycles. The van der Waals surface area contributed by atoms with Gasteiger partial charge in [-0.1, -0.05) is 18.8 Å². The molecule has 0 saturated carbocycles. The van der Waals surface area contributed by atoms with E-state index in [1.807, 2.05) is 20.2 Å². The van der Waals surface area contributed by atoms with Crippen molar-refractivity contribution in [2.75, 3.05) is 0 Å². The van der Waals surface area contributed by atoms with Crippen molar-refractivity contribution in [3.05, 3.63) is 58.7 Å². The van der Waals surface area contributed by atoms with Crippen molar-refractivity contribution in [3.8, 4) is 34.7 Å². The maximum atomic E-state index is 11.1. The van der Waals surface area contributed by atoms with Crippen LogP contribution in [0.3, 0.4) is 0 Å². The van der Waals surface area contributed by atoms with E-state index in [0.717, 1.165) is 5.56 Å². The number of nitro groups is 1. The Morgan fingerprint density at radius 2 is 2.08 bits per heavy atom. The molecule has 2 heterocycles. The fourth-order valence-electron chi connectivity index (χ4n) is 2.20. The standard InChI is InChI=1S/C18H15N5O3/c1-3-4-5-13-6-15(23(24)25)8-16(7-13)26-18-11-19-17(10-20-18)14-9-21-22(2)12-14/h6-12H,3H2,1-2H3. The van der Waals surface area contributed by atoms with Gasteiger partial charge in [-0.3, -0.25) is 14.8 Å². The highest BCUT2D eigenvalue weighted by Crippen LogP contribution is 2.26. The Morgan fingerprint density at radius 3 is 2.69 bits per heavy atom. The predicted molar refractivity (Wildman–Crippen MR) is 94.6 cm³/mol. The first kappa shape index (κ1) is 17.1.